The molecule has 0 fully saturated rings. The Labute approximate surface area is 176 Å². The van der Waals surface area contributed by atoms with Gasteiger partial charge in [0.1, 0.15) is 11.5 Å². The lowest BCUT2D eigenvalue weighted by atomic mass is 9.66. The number of fused-ring (bicyclic) bond motifs is 6. The van der Waals surface area contributed by atoms with Gasteiger partial charge in [-0.05, 0) is 60.7 Å². The molecule has 0 radical (unpaired) electrons. The highest BCUT2D eigenvalue weighted by Gasteiger charge is 2.50. The molecule has 0 saturated carbocycles. The molecule has 0 bridgehead atoms. The fraction of sp³-hybridized carbons (Fsp3) is 0.0370. The Kier molecular flexibility index (Phi) is 2.87. The van der Waals surface area contributed by atoms with Crippen molar-refractivity contribution in [3.63, 3.8) is 0 Å². The summed E-state index contributed by atoms with van der Waals surface area (Å²) in [6.07, 6.45) is 0. The van der Waals surface area contributed by atoms with Gasteiger partial charge < -0.3 is 4.74 Å². The monoisotopic (exact) mass is 434 g/mol. The van der Waals surface area contributed by atoms with E-state index in [9.17, 15) is 0 Å². The van der Waals surface area contributed by atoms with Gasteiger partial charge in [-0.1, -0.05) is 78.9 Å². The number of hydrogen-bond acceptors (Lipinski definition) is 1. The van der Waals surface area contributed by atoms with Crippen LogP contribution in [0.4, 0.5) is 0 Å². The van der Waals surface area contributed by atoms with E-state index in [1.165, 1.54) is 43.8 Å². The third kappa shape index (κ3) is 1.73. The van der Waals surface area contributed by atoms with Crippen LogP contribution >= 0.6 is 15.9 Å². The van der Waals surface area contributed by atoms with Crippen molar-refractivity contribution in [2.24, 2.45) is 0 Å². The summed E-state index contributed by atoms with van der Waals surface area (Å²) < 4.78 is 7.42. The summed E-state index contributed by atoms with van der Waals surface area (Å²) in [5, 5.41) is 5.31. The van der Waals surface area contributed by atoms with Gasteiger partial charge in [-0.2, -0.15) is 0 Å². The van der Waals surface area contributed by atoms with Gasteiger partial charge in [-0.3, -0.25) is 0 Å². The molecule has 2 heteroatoms. The van der Waals surface area contributed by atoms with Crippen molar-refractivity contribution in [2.45, 2.75) is 5.41 Å². The molecule has 0 unspecified atom stereocenters. The van der Waals surface area contributed by atoms with Crippen LogP contribution in [0.5, 0.6) is 11.5 Å². The summed E-state index contributed by atoms with van der Waals surface area (Å²) in [6, 6.07) is 32.8. The van der Waals surface area contributed by atoms with Crippen LogP contribution in [0.25, 0.3) is 21.5 Å². The maximum absolute atomic E-state index is 6.44. The van der Waals surface area contributed by atoms with E-state index in [1.54, 1.807) is 0 Å². The molecule has 136 valence electrons. The molecule has 1 heterocycles. The minimum Gasteiger partial charge on any atom is -0.455 e. The van der Waals surface area contributed by atoms with Gasteiger partial charge in [0.2, 0.25) is 0 Å². The molecule has 1 nitrogen and oxygen atoms in total. The summed E-state index contributed by atoms with van der Waals surface area (Å²) in [6.45, 7) is 0. The van der Waals surface area contributed by atoms with Crippen molar-refractivity contribution < 1.29 is 4.74 Å². The van der Waals surface area contributed by atoms with Crippen LogP contribution in [0.15, 0.2) is 95.5 Å². The summed E-state index contributed by atoms with van der Waals surface area (Å²) in [7, 11) is 0. The van der Waals surface area contributed by atoms with E-state index < -0.39 is 0 Å². The Balaban J connectivity index is 1.79. The van der Waals surface area contributed by atoms with Gasteiger partial charge in [-0.25, -0.2) is 0 Å². The quantitative estimate of drug-likeness (QED) is 0.224. The zero-order valence-corrected chi connectivity index (χ0v) is 17.0. The first-order valence-corrected chi connectivity index (χ1v) is 10.6. The first-order valence-electron chi connectivity index (χ1n) is 9.82. The van der Waals surface area contributed by atoms with Gasteiger partial charge >= 0.3 is 0 Å². The third-order valence-electron chi connectivity index (χ3n) is 6.57. The molecule has 1 spiro atoms. The van der Waals surface area contributed by atoms with Crippen molar-refractivity contribution in [1.29, 1.82) is 0 Å². The number of ether oxygens (including phenoxy) is 1. The van der Waals surface area contributed by atoms with E-state index in [4.69, 9.17) is 4.74 Å². The van der Waals surface area contributed by atoms with E-state index in [1.807, 2.05) is 0 Å². The number of benzene rings is 5. The molecular weight excluding hydrogens is 420 g/mol. The molecule has 2 aliphatic rings. The minimum atomic E-state index is -0.378. The summed E-state index contributed by atoms with van der Waals surface area (Å²) in [5.41, 5.74) is 4.72. The van der Waals surface area contributed by atoms with Crippen LogP contribution in [0.3, 0.4) is 0 Å². The smallest absolute Gasteiger partial charge is 0.146 e. The molecule has 5 aromatic carbocycles. The van der Waals surface area contributed by atoms with Gasteiger partial charge in [0.15, 0.2) is 0 Å². The lowest BCUT2D eigenvalue weighted by molar-refractivity contribution is 0.434. The molecule has 0 atom stereocenters. The van der Waals surface area contributed by atoms with Gasteiger partial charge in [0, 0.05) is 11.1 Å². The summed E-state index contributed by atoms with van der Waals surface area (Å²) in [4.78, 5) is 0. The highest BCUT2D eigenvalue weighted by Crippen LogP contribution is 2.62. The highest BCUT2D eigenvalue weighted by molar-refractivity contribution is 9.10. The molecule has 7 rings (SSSR count). The van der Waals surface area contributed by atoms with Crippen molar-refractivity contribution in [3.05, 3.63) is 118 Å². The van der Waals surface area contributed by atoms with Crippen molar-refractivity contribution >= 4 is 37.5 Å². The van der Waals surface area contributed by atoms with Crippen LogP contribution < -0.4 is 4.74 Å². The predicted octanol–water partition coefficient (Wildman–Crippen LogP) is 7.56. The summed E-state index contributed by atoms with van der Waals surface area (Å²) in [5.74, 6) is 1.83. The molecule has 5 aromatic rings. The average molecular weight is 435 g/mol. The van der Waals surface area contributed by atoms with Crippen LogP contribution in [0.1, 0.15) is 22.3 Å². The van der Waals surface area contributed by atoms with Crippen LogP contribution in [0.2, 0.25) is 0 Å². The van der Waals surface area contributed by atoms with Crippen LogP contribution in [-0.4, -0.2) is 0 Å². The van der Waals surface area contributed by atoms with E-state index in [0.29, 0.717) is 0 Å². The molecule has 1 aliphatic heterocycles. The van der Waals surface area contributed by atoms with Crippen molar-refractivity contribution in [2.75, 3.05) is 0 Å². The Bertz CT molecular complexity index is 1440. The Morgan fingerprint density at radius 2 is 1.14 bits per heavy atom. The molecule has 0 amide bonds. The first-order chi connectivity index (χ1) is 14.3. The summed E-state index contributed by atoms with van der Waals surface area (Å²) >= 11 is 3.75. The highest BCUT2D eigenvalue weighted by atomic mass is 79.9. The fourth-order valence-corrected chi connectivity index (χ4v) is 5.98. The third-order valence-corrected chi connectivity index (χ3v) is 7.19. The normalized spacial score (nSPS) is 14.9. The van der Waals surface area contributed by atoms with Gasteiger partial charge in [-0.15, -0.1) is 0 Å². The zero-order valence-electron chi connectivity index (χ0n) is 15.4. The van der Waals surface area contributed by atoms with Crippen molar-refractivity contribution in [3.8, 4) is 11.5 Å². The van der Waals surface area contributed by atoms with E-state index in [2.05, 4.69) is 107 Å². The maximum Gasteiger partial charge on any atom is 0.146 e. The average Bonchev–Trinajstić information content (AvgIpc) is 3.06. The molecule has 1 aliphatic carbocycles. The number of para-hydroxylation sites is 2. The minimum absolute atomic E-state index is 0.378. The molecule has 0 saturated heterocycles. The van der Waals surface area contributed by atoms with E-state index >= 15 is 0 Å². The largest absolute Gasteiger partial charge is 0.455 e. The number of rotatable bonds is 0. The SMILES string of the molecule is Brc1cccc2c1Oc1ccccc1C21c2cccc3ccc4cccc1c4c23. The van der Waals surface area contributed by atoms with Crippen LogP contribution in [0, 0.1) is 0 Å². The molecule has 29 heavy (non-hydrogen) atoms. The second kappa shape index (κ2) is 5.28. The topological polar surface area (TPSA) is 9.23 Å². The second-order valence-corrected chi connectivity index (χ2v) is 8.69. The molecule has 0 aromatic heterocycles. The lowest BCUT2D eigenvalue weighted by Crippen LogP contribution is -2.32. The molecular formula is C27H15BrO. The first kappa shape index (κ1) is 15.8. The number of hydrogen-bond donors (Lipinski definition) is 0. The van der Waals surface area contributed by atoms with Gasteiger partial charge in [0.05, 0.1) is 9.89 Å². The fourth-order valence-electron chi connectivity index (χ4n) is 5.53. The number of halogens is 1. The van der Waals surface area contributed by atoms with Crippen LogP contribution in [-0.2, 0) is 5.41 Å². The Morgan fingerprint density at radius 3 is 1.86 bits per heavy atom. The van der Waals surface area contributed by atoms with E-state index in [-0.39, 0.29) is 5.41 Å². The lowest BCUT2D eigenvalue weighted by Gasteiger charge is -2.39. The maximum atomic E-state index is 6.44. The van der Waals surface area contributed by atoms with Crippen molar-refractivity contribution in [1.82, 2.24) is 0 Å². The zero-order chi connectivity index (χ0) is 19.2. The predicted molar refractivity (Wildman–Crippen MR) is 121 cm³/mol. The Morgan fingerprint density at radius 1 is 0.552 bits per heavy atom. The molecule has 0 N–H and O–H groups in total. The second-order valence-electron chi connectivity index (χ2n) is 7.84. The van der Waals surface area contributed by atoms with E-state index in [0.717, 1.165) is 16.0 Å². The standard InChI is InChI=1S/C27H15BrO/c28-22-12-5-11-21-26(22)29-23-13-2-1-8-18(23)27(21)19-9-3-6-16-14-15-17-7-4-10-20(27)25(17)24(16)19/h1-15H. The Hall–Kier alpha value is -3.10. The van der Waals surface area contributed by atoms with Gasteiger partial charge in [0.25, 0.3) is 0 Å².